The van der Waals surface area contributed by atoms with Crippen molar-refractivity contribution in [3.63, 3.8) is 0 Å². The molecule has 1 atom stereocenters. The van der Waals surface area contributed by atoms with Crippen LogP contribution in [0.2, 0.25) is 0 Å². The average molecular weight is 286 g/mol. The van der Waals surface area contributed by atoms with Crippen LogP contribution in [0.1, 0.15) is 12.8 Å². The highest BCUT2D eigenvalue weighted by molar-refractivity contribution is 5.93. The van der Waals surface area contributed by atoms with Crippen LogP contribution in [0, 0.1) is 0 Å². The molecule has 1 aliphatic heterocycles. The molecule has 1 amide bonds. The quantitative estimate of drug-likeness (QED) is 0.865. The molecule has 1 fully saturated rings. The molecule has 6 heteroatoms. The lowest BCUT2D eigenvalue weighted by Crippen LogP contribution is -2.44. The number of carbonyl (C=O) groups is 1. The van der Waals surface area contributed by atoms with Crippen molar-refractivity contribution in [2.75, 3.05) is 24.6 Å². The van der Waals surface area contributed by atoms with E-state index < -0.39 is 0 Å². The third-order valence-corrected chi connectivity index (χ3v) is 3.76. The van der Waals surface area contributed by atoms with Crippen LogP contribution in [0.25, 0.3) is 10.9 Å². The molecule has 1 aromatic heterocycles. The Morgan fingerprint density at radius 1 is 1.38 bits per heavy atom. The monoisotopic (exact) mass is 286 g/mol. The summed E-state index contributed by atoms with van der Waals surface area (Å²) in [5.74, 6) is 0.756. The number of benzene rings is 1. The van der Waals surface area contributed by atoms with E-state index in [2.05, 4.69) is 15.3 Å². The number of rotatable bonds is 4. The Hall–Kier alpha value is -2.21. The minimum absolute atomic E-state index is 0.0467. The van der Waals surface area contributed by atoms with Crippen LogP contribution in [0.5, 0.6) is 0 Å². The van der Waals surface area contributed by atoms with Crippen molar-refractivity contribution >= 4 is 22.6 Å². The predicted molar refractivity (Wildman–Crippen MR) is 80.0 cm³/mol. The van der Waals surface area contributed by atoms with E-state index in [1.165, 1.54) is 0 Å². The van der Waals surface area contributed by atoms with Gasteiger partial charge in [-0.3, -0.25) is 4.79 Å². The van der Waals surface area contributed by atoms with Crippen LogP contribution in [0.15, 0.2) is 30.6 Å². The summed E-state index contributed by atoms with van der Waals surface area (Å²) in [6, 6.07) is 7.58. The SMILES string of the molecule is O=C(NCCO)C1CCCN1c1ncnc2ccccc12. The van der Waals surface area contributed by atoms with E-state index in [0.717, 1.165) is 36.1 Å². The van der Waals surface area contributed by atoms with Crippen molar-refractivity contribution in [3.05, 3.63) is 30.6 Å². The fraction of sp³-hybridized carbons (Fsp3) is 0.400. The molecule has 1 saturated heterocycles. The van der Waals surface area contributed by atoms with Gasteiger partial charge in [0.15, 0.2) is 0 Å². The lowest BCUT2D eigenvalue weighted by molar-refractivity contribution is -0.122. The van der Waals surface area contributed by atoms with Gasteiger partial charge in [0.2, 0.25) is 5.91 Å². The number of aliphatic hydroxyl groups excluding tert-OH is 1. The highest BCUT2D eigenvalue weighted by Crippen LogP contribution is 2.29. The fourth-order valence-electron chi connectivity index (χ4n) is 2.81. The summed E-state index contributed by atoms with van der Waals surface area (Å²) in [6.45, 7) is 1.04. The lowest BCUT2D eigenvalue weighted by atomic mass is 10.2. The molecular weight excluding hydrogens is 268 g/mol. The number of anilines is 1. The van der Waals surface area contributed by atoms with Crippen molar-refractivity contribution < 1.29 is 9.90 Å². The van der Waals surface area contributed by atoms with E-state index in [1.54, 1.807) is 6.33 Å². The molecule has 6 nitrogen and oxygen atoms in total. The standard InChI is InChI=1S/C15H18N4O2/c20-9-7-16-15(21)13-6-3-8-19(13)14-11-4-1-2-5-12(11)17-10-18-14/h1-2,4-5,10,13,20H,3,6-9H2,(H,16,21). The maximum Gasteiger partial charge on any atom is 0.242 e. The number of aromatic nitrogens is 2. The third kappa shape index (κ3) is 2.67. The number of para-hydroxylation sites is 1. The van der Waals surface area contributed by atoms with Crippen LogP contribution in [0.3, 0.4) is 0 Å². The molecule has 2 aromatic rings. The molecule has 0 radical (unpaired) electrons. The summed E-state index contributed by atoms with van der Waals surface area (Å²) in [5, 5.41) is 12.5. The number of amides is 1. The van der Waals surface area contributed by atoms with Crippen LogP contribution in [-0.2, 0) is 4.79 Å². The van der Waals surface area contributed by atoms with Gasteiger partial charge < -0.3 is 15.3 Å². The van der Waals surface area contributed by atoms with Gasteiger partial charge in [-0.05, 0) is 25.0 Å². The fourth-order valence-corrected chi connectivity index (χ4v) is 2.81. The second kappa shape index (κ2) is 6.05. The lowest BCUT2D eigenvalue weighted by Gasteiger charge is -2.25. The minimum atomic E-state index is -0.227. The Labute approximate surface area is 122 Å². The van der Waals surface area contributed by atoms with E-state index in [0.29, 0.717) is 0 Å². The van der Waals surface area contributed by atoms with Gasteiger partial charge in [0.25, 0.3) is 0 Å². The van der Waals surface area contributed by atoms with Crippen LogP contribution >= 0.6 is 0 Å². The van der Waals surface area contributed by atoms with Crippen molar-refractivity contribution in [1.82, 2.24) is 15.3 Å². The molecule has 1 unspecified atom stereocenters. The van der Waals surface area contributed by atoms with Gasteiger partial charge in [0.05, 0.1) is 12.1 Å². The molecular formula is C15H18N4O2. The second-order valence-corrected chi connectivity index (χ2v) is 5.08. The Balaban J connectivity index is 1.92. The van der Waals surface area contributed by atoms with Gasteiger partial charge in [0, 0.05) is 18.5 Å². The van der Waals surface area contributed by atoms with E-state index >= 15 is 0 Å². The van der Waals surface area contributed by atoms with E-state index in [4.69, 9.17) is 5.11 Å². The van der Waals surface area contributed by atoms with Gasteiger partial charge in [-0.1, -0.05) is 12.1 Å². The van der Waals surface area contributed by atoms with Crippen LogP contribution in [0.4, 0.5) is 5.82 Å². The van der Waals surface area contributed by atoms with Gasteiger partial charge >= 0.3 is 0 Å². The summed E-state index contributed by atoms with van der Waals surface area (Å²) < 4.78 is 0. The second-order valence-electron chi connectivity index (χ2n) is 5.08. The summed E-state index contributed by atoms with van der Waals surface area (Å²) in [4.78, 5) is 22.9. The van der Waals surface area contributed by atoms with Crippen molar-refractivity contribution in [3.8, 4) is 0 Å². The van der Waals surface area contributed by atoms with Gasteiger partial charge in [-0.2, -0.15) is 0 Å². The molecule has 3 rings (SSSR count). The molecule has 0 saturated carbocycles. The first-order valence-corrected chi connectivity index (χ1v) is 7.16. The normalized spacial score (nSPS) is 18.1. The Bertz CT molecular complexity index is 641. The zero-order valence-corrected chi connectivity index (χ0v) is 11.7. The molecule has 1 aromatic carbocycles. The number of nitrogens with one attached hydrogen (secondary N) is 1. The maximum atomic E-state index is 12.2. The van der Waals surface area contributed by atoms with Gasteiger partial charge in [-0.15, -0.1) is 0 Å². The van der Waals surface area contributed by atoms with Gasteiger partial charge in [-0.25, -0.2) is 9.97 Å². The largest absolute Gasteiger partial charge is 0.395 e. The number of hydrogen-bond donors (Lipinski definition) is 2. The molecule has 1 aliphatic rings. The van der Waals surface area contributed by atoms with Crippen LogP contribution in [-0.4, -0.2) is 46.7 Å². The Morgan fingerprint density at radius 3 is 3.10 bits per heavy atom. The number of hydrogen-bond acceptors (Lipinski definition) is 5. The minimum Gasteiger partial charge on any atom is -0.395 e. The van der Waals surface area contributed by atoms with Crippen molar-refractivity contribution in [2.24, 2.45) is 0 Å². The molecule has 110 valence electrons. The Morgan fingerprint density at radius 2 is 2.24 bits per heavy atom. The van der Waals surface area contributed by atoms with E-state index in [9.17, 15) is 4.79 Å². The highest BCUT2D eigenvalue weighted by atomic mass is 16.3. The zero-order chi connectivity index (χ0) is 14.7. The molecule has 0 aliphatic carbocycles. The third-order valence-electron chi connectivity index (χ3n) is 3.76. The maximum absolute atomic E-state index is 12.2. The topological polar surface area (TPSA) is 78.4 Å². The summed E-state index contributed by atoms with van der Waals surface area (Å²) in [7, 11) is 0. The first kappa shape index (κ1) is 13.8. The first-order valence-electron chi connectivity index (χ1n) is 7.16. The number of carbonyl (C=O) groups excluding carboxylic acids is 1. The van der Waals surface area contributed by atoms with E-state index in [1.807, 2.05) is 29.2 Å². The number of aliphatic hydroxyl groups is 1. The zero-order valence-electron chi connectivity index (χ0n) is 11.7. The average Bonchev–Trinajstić information content (AvgIpc) is 3.01. The summed E-state index contributed by atoms with van der Waals surface area (Å²) in [5.41, 5.74) is 0.879. The molecule has 0 spiro atoms. The van der Waals surface area contributed by atoms with Crippen molar-refractivity contribution in [2.45, 2.75) is 18.9 Å². The molecule has 2 heterocycles. The van der Waals surface area contributed by atoms with Crippen molar-refractivity contribution in [1.29, 1.82) is 0 Å². The Kier molecular flexibility index (Phi) is 3.96. The number of nitrogens with zero attached hydrogens (tertiary/aromatic N) is 3. The summed E-state index contributed by atoms with van der Waals surface area (Å²) in [6.07, 6.45) is 3.30. The first-order chi connectivity index (χ1) is 10.3. The molecule has 0 bridgehead atoms. The predicted octanol–water partition coefficient (Wildman–Crippen LogP) is 0.707. The number of fused-ring (bicyclic) bond motifs is 1. The van der Waals surface area contributed by atoms with E-state index in [-0.39, 0.29) is 25.1 Å². The smallest absolute Gasteiger partial charge is 0.242 e. The summed E-state index contributed by atoms with van der Waals surface area (Å²) >= 11 is 0. The van der Waals surface area contributed by atoms with Gasteiger partial charge in [0.1, 0.15) is 18.2 Å². The molecule has 2 N–H and O–H groups in total. The van der Waals surface area contributed by atoms with Crippen LogP contribution < -0.4 is 10.2 Å². The molecule has 21 heavy (non-hydrogen) atoms. The highest BCUT2D eigenvalue weighted by Gasteiger charge is 2.32.